The Bertz CT molecular complexity index is 911. The van der Waals surface area contributed by atoms with Crippen LogP contribution in [0.3, 0.4) is 0 Å². The first-order valence-corrected chi connectivity index (χ1v) is 7.87. The highest BCUT2D eigenvalue weighted by Crippen LogP contribution is 2.22. The summed E-state index contributed by atoms with van der Waals surface area (Å²) in [6.07, 6.45) is 0. The van der Waals surface area contributed by atoms with E-state index >= 15 is 0 Å². The molecule has 0 atom stereocenters. The molecule has 0 saturated heterocycles. The third kappa shape index (κ3) is 3.58. The standard InChI is InChI=1S/C19H19N5O/c1-12-17(15-6-4-3-5-7-15)22-23-18(12)19(25)24-21-13(2)14-8-10-16(20)11-9-14/h3-11H,20H2,1-2H3,(H,22,23)(H,24,25)/b21-13+. The van der Waals surface area contributed by atoms with E-state index in [0.29, 0.717) is 17.1 Å². The topological polar surface area (TPSA) is 96.2 Å². The molecule has 0 aliphatic heterocycles. The summed E-state index contributed by atoms with van der Waals surface area (Å²) in [4.78, 5) is 12.4. The van der Waals surface area contributed by atoms with Crippen LogP contribution in [0.1, 0.15) is 28.5 Å². The highest BCUT2D eigenvalue weighted by atomic mass is 16.2. The quantitative estimate of drug-likeness (QED) is 0.389. The summed E-state index contributed by atoms with van der Waals surface area (Å²) < 4.78 is 0. The maximum atomic E-state index is 12.4. The average molecular weight is 333 g/mol. The predicted octanol–water partition coefficient (Wildman–Crippen LogP) is 3.12. The van der Waals surface area contributed by atoms with Crippen molar-refractivity contribution < 1.29 is 4.79 Å². The number of aromatic nitrogens is 2. The van der Waals surface area contributed by atoms with Crippen molar-refractivity contribution in [2.45, 2.75) is 13.8 Å². The third-order valence-electron chi connectivity index (χ3n) is 3.94. The van der Waals surface area contributed by atoms with Gasteiger partial charge in [-0.05, 0) is 31.5 Å². The number of hydrogen-bond acceptors (Lipinski definition) is 4. The molecule has 0 bridgehead atoms. The van der Waals surface area contributed by atoms with Crippen LogP contribution in [0.25, 0.3) is 11.3 Å². The molecule has 6 heteroatoms. The van der Waals surface area contributed by atoms with Crippen molar-refractivity contribution in [3.05, 3.63) is 71.4 Å². The van der Waals surface area contributed by atoms with Crippen LogP contribution in [0.15, 0.2) is 59.7 Å². The number of rotatable bonds is 4. The molecule has 6 nitrogen and oxygen atoms in total. The van der Waals surface area contributed by atoms with Gasteiger partial charge in [0.05, 0.1) is 11.4 Å². The number of aromatic amines is 1. The number of nitrogens with two attached hydrogens (primary N) is 1. The number of nitrogens with one attached hydrogen (secondary N) is 2. The van der Waals surface area contributed by atoms with Gasteiger partial charge in [0.2, 0.25) is 0 Å². The molecule has 0 radical (unpaired) electrons. The van der Waals surface area contributed by atoms with Crippen molar-refractivity contribution in [3.8, 4) is 11.3 Å². The first-order valence-electron chi connectivity index (χ1n) is 7.87. The number of amides is 1. The lowest BCUT2D eigenvalue weighted by Gasteiger charge is -2.03. The lowest BCUT2D eigenvalue weighted by atomic mass is 10.1. The van der Waals surface area contributed by atoms with Crippen LogP contribution >= 0.6 is 0 Å². The van der Waals surface area contributed by atoms with E-state index < -0.39 is 0 Å². The van der Waals surface area contributed by atoms with Crippen molar-refractivity contribution in [3.63, 3.8) is 0 Å². The second-order valence-corrected chi connectivity index (χ2v) is 5.70. The van der Waals surface area contributed by atoms with E-state index in [9.17, 15) is 4.79 Å². The summed E-state index contributed by atoms with van der Waals surface area (Å²) >= 11 is 0. The summed E-state index contributed by atoms with van der Waals surface area (Å²) in [7, 11) is 0. The molecule has 2 aromatic carbocycles. The van der Waals surface area contributed by atoms with Gasteiger partial charge in [0.15, 0.2) is 0 Å². The van der Waals surface area contributed by atoms with E-state index in [4.69, 9.17) is 5.73 Å². The molecule has 0 fully saturated rings. The molecule has 3 aromatic rings. The fourth-order valence-electron chi connectivity index (χ4n) is 2.48. The Morgan fingerprint density at radius 2 is 1.80 bits per heavy atom. The second kappa shape index (κ2) is 7.00. The van der Waals surface area contributed by atoms with Crippen LogP contribution < -0.4 is 11.2 Å². The molecule has 0 aliphatic rings. The monoisotopic (exact) mass is 333 g/mol. The number of carbonyl (C=O) groups is 1. The number of carbonyl (C=O) groups excluding carboxylic acids is 1. The van der Waals surface area contributed by atoms with Gasteiger partial charge in [0.1, 0.15) is 5.69 Å². The van der Waals surface area contributed by atoms with Crippen LogP contribution in [0.4, 0.5) is 5.69 Å². The van der Waals surface area contributed by atoms with Gasteiger partial charge < -0.3 is 5.73 Å². The third-order valence-corrected chi connectivity index (χ3v) is 3.94. The van der Waals surface area contributed by atoms with Crippen molar-refractivity contribution in [1.29, 1.82) is 0 Å². The Hall–Kier alpha value is -3.41. The zero-order valence-electron chi connectivity index (χ0n) is 14.1. The van der Waals surface area contributed by atoms with Crippen LogP contribution in [0.5, 0.6) is 0 Å². The smallest absolute Gasteiger partial charge is 0.289 e. The molecule has 1 aromatic heterocycles. The predicted molar refractivity (Wildman–Crippen MR) is 99.3 cm³/mol. The Morgan fingerprint density at radius 1 is 1.12 bits per heavy atom. The Labute approximate surface area is 145 Å². The van der Waals surface area contributed by atoms with Gasteiger partial charge in [-0.1, -0.05) is 42.5 Å². The van der Waals surface area contributed by atoms with Crippen LogP contribution in [-0.4, -0.2) is 21.8 Å². The first kappa shape index (κ1) is 16.4. The second-order valence-electron chi connectivity index (χ2n) is 5.70. The van der Waals surface area contributed by atoms with E-state index in [-0.39, 0.29) is 5.91 Å². The zero-order chi connectivity index (χ0) is 17.8. The lowest BCUT2D eigenvalue weighted by molar-refractivity contribution is 0.0949. The molecule has 1 heterocycles. The van der Waals surface area contributed by atoms with E-state index in [2.05, 4.69) is 20.7 Å². The zero-order valence-corrected chi connectivity index (χ0v) is 14.1. The van der Waals surface area contributed by atoms with Crippen LogP contribution in [0, 0.1) is 6.92 Å². The average Bonchev–Trinajstić information content (AvgIpc) is 3.02. The lowest BCUT2D eigenvalue weighted by Crippen LogP contribution is -2.20. The van der Waals surface area contributed by atoms with Gasteiger partial charge >= 0.3 is 0 Å². The molecule has 3 rings (SSSR count). The number of hydrogen-bond donors (Lipinski definition) is 3. The highest BCUT2D eigenvalue weighted by molar-refractivity contribution is 6.01. The number of hydrazone groups is 1. The largest absolute Gasteiger partial charge is 0.399 e. The van der Waals surface area contributed by atoms with Gasteiger partial charge in [0, 0.05) is 16.8 Å². The van der Waals surface area contributed by atoms with Crippen molar-refractivity contribution >= 4 is 17.3 Å². The molecule has 0 aliphatic carbocycles. The molecule has 0 spiro atoms. The van der Waals surface area contributed by atoms with Crippen molar-refractivity contribution in [1.82, 2.24) is 15.6 Å². The number of anilines is 1. The normalized spacial score (nSPS) is 11.4. The van der Waals surface area contributed by atoms with Gasteiger partial charge in [-0.2, -0.15) is 10.2 Å². The molecule has 0 unspecified atom stereocenters. The van der Waals surface area contributed by atoms with E-state index in [0.717, 1.165) is 22.4 Å². The Balaban J connectivity index is 1.77. The summed E-state index contributed by atoms with van der Waals surface area (Å²) in [5, 5.41) is 11.2. The van der Waals surface area contributed by atoms with Gasteiger partial charge in [-0.15, -0.1) is 0 Å². The van der Waals surface area contributed by atoms with Crippen molar-refractivity contribution in [2.24, 2.45) is 5.10 Å². The SMILES string of the molecule is C/C(=N\NC(=O)c1[nH]nc(-c2ccccc2)c1C)c1ccc(N)cc1. The minimum Gasteiger partial charge on any atom is -0.399 e. The molecule has 4 N–H and O–H groups in total. The molecule has 25 heavy (non-hydrogen) atoms. The Morgan fingerprint density at radius 3 is 2.48 bits per heavy atom. The molecular formula is C19H19N5O. The van der Waals surface area contributed by atoms with Crippen molar-refractivity contribution in [2.75, 3.05) is 5.73 Å². The molecule has 0 saturated carbocycles. The summed E-state index contributed by atoms with van der Waals surface area (Å²) in [5.41, 5.74) is 13.4. The fourth-order valence-corrected chi connectivity index (χ4v) is 2.48. The minimum atomic E-state index is -0.332. The first-order chi connectivity index (χ1) is 12.1. The number of nitrogens with zero attached hydrogens (tertiary/aromatic N) is 2. The summed E-state index contributed by atoms with van der Waals surface area (Å²) in [5.74, 6) is -0.332. The van der Waals surface area contributed by atoms with E-state index in [1.54, 1.807) is 12.1 Å². The van der Waals surface area contributed by atoms with Gasteiger partial charge in [-0.3, -0.25) is 9.89 Å². The van der Waals surface area contributed by atoms with E-state index in [1.165, 1.54) is 0 Å². The van der Waals surface area contributed by atoms with Crippen LogP contribution in [0.2, 0.25) is 0 Å². The molecular weight excluding hydrogens is 314 g/mol. The summed E-state index contributed by atoms with van der Waals surface area (Å²) in [6.45, 7) is 3.68. The maximum absolute atomic E-state index is 12.4. The van der Waals surface area contributed by atoms with Gasteiger partial charge in [0.25, 0.3) is 5.91 Å². The number of H-pyrrole nitrogens is 1. The highest BCUT2D eigenvalue weighted by Gasteiger charge is 2.16. The molecule has 1 amide bonds. The summed E-state index contributed by atoms with van der Waals surface area (Å²) in [6, 6.07) is 17.0. The number of benzene rings is 2. The number of nitrogen functional groups attached to an aromatic ring is 1. The fraction of sp³-hybridized carbons (Fsp3) is 0.105. The van der Waals surface area contributed by atoms with Gasteiger partial charge in [-0.25, -0.2) is 5.43 Å². The van der Waals surface area contributed by atoms with Crippen LogP contribution in [-0.2, 0) is 0 Å². The molecule has 126 valence electrons. The maximum Gasteiger partial charge on any atom is 0.289 e. The Kier molecular flexibility index (Phi) is 4.61. The minimum absolute atomic E-state index is 0.332. The van der Waals surface area contributed by atoms with E-state index in [1.807, 2.05) is 56.3 Å².